The van der Waals surface area contributed by atoms with E-state index in [4.69, 9.17) is 17.3 Å². The van der Waals surface area contributed by atoms with Gasteiger partial charge in [0, 0.05) is 22.3 Å². The molecule has 0 fully saturated rings. The third-order valence-electron chi connectivity index (χ3n) is 2.46. The maximum Gasteiger partial charge on any atom is 0.234 e. The number of carbonyl (C=O) groups excluding carboxylic acids is 1. The van der Waals surface area contributed by atoms with Gasteiger partial charge >= 0.3 is 0 Å². The van der Waals surface area contributed by atoms with Crippen molar-refractivity contribution >= 4 is 40.6 Å². The number of hydrogen-bond donors (Lipinski definition) is 2. The minimum Gasteiger partial charge on any atom is -0.399 e. The van der Waals surface area contributed by atoms with Crippen LogP contribution in [-0.4, -0.2) is 11.7 Å². The minimum atomic E-state index is -0.750. The van der Waals surface area contributed by atoms with Crippen molar-refractivity contribution in [2.45, 2.75) is 4.90 Å². The summed E-state index contributed by atoms with van der Waals surface area (Å²) in [6, 6.07) is 7.79. The quantitative estimate of drug-likeness (QED) is 0.660. The first-order valence-corrected chi connectivity index (χ1v) is 7.24. The van der Waals surface area contributed by atoms with Crippen LogP contribution in [0.15, 0.2) is 41.3 Å². The molecule has 0 saturated carbocycles. The lowest BCUT2D eigenvalue weighted by Gasteiger charge is -2.07. The number of amides is 1. The number of nitrogen functional groups attached to an aromatic ring is 1. The molecule has 0 saturated heterocycles. The van der Waals surface area contributed by atoms with Crippen molar-refractivity contribution in [2.24, 2.45) is 0 Å². The highest BCUT2D eigenvalue weighted by Gasteiger charge is 2.08. The van der Waals surface area contributed by atoms with Gasteiger partial charge in [-0.3, -0.25) is 4.79 Å². The molecule has 2 aromatic rings. The van der Waals surface area contributed by atoms with Crippen LogP contribution in [0, 0.1) is 11.6 Å². The molecule has 110 valence electrons. The highest BCUT2D eigenvalue weighted by atomic mass is 35.5. The monoisotopic (exact) mass is 328 g/mol. The topological polar surface area (TPSA) is 55.1 Å². The summed E-state index contributed by atoms with van der Waals surface area (Å²) in [6.07, 6.45) is 0. The van der Waals surface area contributed by atoms with Crippen molar-refractivity contribution in [3.05, 3.63) is 53.1 Å². The fraction of sp³-hybridized carbons (Fsp3) is 0.0714. The lowest BCUT2D eigenvalue weighted by atomic mass is 10.3. The molecule has 3 N–H and O–H groups in total. The van der Waals surface area contributed by atoms with Crippen LogP contribution >= 0.6 is 23.4 Å². The lowest BCUT2D eigenvalue weighted by Crippen LogP contribution is -2.14. The molecule has 0 aliphatic rings. The highest BCUT2D eigenvalue weighted by Crippen LogP contribution is 2.28. The molecule has 2 aromatic carbocycles. The standard InChI is InChI=1S/C14H11ClF2N2OS/c15-12-6-10(18)1-2-13(12)21-7-14(20)19-11-4-8(16)3-9(17)5-11/h1-6H,7,18H2,(H,19,20). The Morgan fingerprint density at radius 2 is 1.86 bits per heavy atom. The van der Waals surface area contributed by atoms with E-state index in [0.29, 0.717) is 15.6 Å². The van der Waals surface area contributed by atoms with E-state index < -0.39 is 17.5 Å². The number of nitrogens with two attached hydrogens (primary N) is 1. The number of hydrogen-bond acceptors (Lipinski definition) is 3. The van der Waals surface area contributed by atoms with Gasteiger partial charge in [0.1, 0.15) is 11.6 Å². The van der Waals surface area contributed by atoms with Crippen LogP contribution in [-0.2, 0) is 4.79 Å². The molecule has 0 heterocycles. The van der Waals surface area contributed by atoms with E-state index in [2.05, 4.69) is 5.32 Å². The second kappa shape index (κ2) is 6.78. The summed E-state index contributed by atoms with van der Waals surface area (Å²) in [5.74, 6) is -1.83. The molecular formula is C14H11ClF2N2OS. The van der Waals surface area contributed by atoms with E-state index in [1.807, 2.05) is 0 Å². The molecule has 0 aliphatic heterocycles. The van der Waals surface area contributed by atoms with E-state index >= 15 is 0 Å². The van der Waals surface area contributed by atoms with Crippen molar-refractivity contribution < 1.29 is 13.6 Å². The first-order valence-electron chi connectivity index (χ1n) is 5.88. The number of nitrogens with one attached hydrogen (secondary N) is 1. The SMILES string of the molecule is Nc1ccc(SCC(=O)Nc2cc(F)cc(F)c2)c(Cl)c1. The summed E-state index contributed by atoms with van der Waals surface area (Å²) in [5, 5.41) is 2.87. The number of rotatable bonds is 4. The average molecular weight is 329 g/mol. The van der Waals surface area contributed by atoms with Gasteiger partial charge in [-0.2, -0.15) is 0 Å². The first kappa shape index (κ1) is 15.6. The largest absolute Gasteiger partial charge is 0.399 e. The molecule has 0 aromatic heterocycles. The lowest BCUT2D eigenvalue weighted by molar-refractivity contribution is -0.113. The molecule has 21 heavy (non-hydrogen) atoms. The zero-order valence-corrected chi connectivity index (χ0v) is 12.3. The van der Waals surface area contributed by atoms with Gasteiger partial charge in [-0.15, -0.1) is 11.8 Å². The van der Waals surface area contributed by atoms with E-state index in [-0.39, 0.29) is 11.4 Å². The van der Waals surface area contributed by atoms with Crippen LogP contribution in [0.5, 0.6) is 0 Å². The second-order valence-corrected chi connectivity index (χ2v) is 5.61. The number of halogens is 3. The highest BCUT2D eigenvalue weighted by molar-refractivity contribution is 8.00. The molecule has 7 heteroatoms. The van der Waals surface area contributed by atoms with Crippen LogP contribution in [0.2, 0.25) is 5.02 Å². The summed E-state index contributed by atoms with van der Waals surface area (Å²) in [6.45, 7) is 0. The van der Waals surface area contributed by atoms with Crippen LogP contribution in [0.25, 0.3) is 0 Å². The Balaban J connectivity index is 1.95. The van der Waals surface area contributed by atoms with Gasteiger partial charge in [0.2, 0.25) is 5.91 Å². The molecule has 2 rings (SSSR count). The van der Waals surface area contributed by atoms with Gasteiger partial charge in [-0.25, -0.2) is 8.78 Å². The number of anilines is 2. The Morgan fingerprint density at radius 3 is 2.48 bits per heavy atom. The molecule has 1 amide bonds. The second-order valence-electron chi connectivity index (χ2n) is 4.18. The van der Waals surface area contributed by atoms with Gasteiger partial charge in [-0.05, 0) is 30.3 Å². The van der Waals surface area contributed by atoms with Crippen LogP contribution in [0.4, 0.5) is 20.2 Å². The molecule has 0 unspecified atom stereocenters. The van der Waals surface area contributed by atoms with E-state index in [0.717, 1.165) is 18.2 Å². The van der Waals surface area contributed by atoms with Crippen molar-refractivity contribution in [1.82, 2.24) is 0 Å². The van der Waals surface area contributed by atoms with Crippen LogP contribution in [0.3, 0.4) is 0 Å². The average Bonchev–Trinajstić information content (AvgIpc) is 2.36. The zero-order chi connectivity index (χ0) is 15.4. The summed E-state index contributed by atoms with van der Waals surface area (Å²) >= 11 is 7.19. The first-order chi connectivity index (χ1) is 9.94. The zero-order valence-electron chi connectivity index (χ0n) is 10.7. The summed E-state index contributed by atoms with van der Waals surface area (Å²) in [7, 11) is 0. The molecular weight excluding hydrogens is 318 g/mol. The van der Waals surface area contributed by atoms with E-state index in [1.54, 1.807) is 18.2 Å². The summed E-state index contributed by atoms with van der Waals surface area (Å²) < 4.78 is 26.0. The number of benzene rings is 2. The molecule has 0 spiro atoms. The smallest absolute Gasteiger partial charge is 0.234 e. The third-order valence-corrected chi connectivity index (χ3v) is 3.96. The molecule has 0 radical (unpaired) electrons. The van der Waals surface area contributed by atoms with Gasteiger partial charge in [0.05, 0.1) is 10.8 Å². The Morgan fingerprint density at radius 1 is 1.19 bits per heavy atom. The van der Waals surface area contributed by atoms with E-state index in [9.17, 15) is 13.6 Å². The van der Waals surface area contributed by atoms with Crippen molar-refractivity contribution in [2.75, 3.05) is 16.8 Å². The minimum absolute atomic E-state index is 0.0573. The predicted octanol–water partition coefficient (Wildman–Crippen LogP) is 3.93. The Kier molecular flexibility index (Phi) is 5.03. The molecule has 0 bridgehead atoms. The van der Waals surface area contributed by atoms with E-state index in [1.165, 1.54) is 11.8 Å². The Bertz CT molecular complexity index is 662. The van der Waals surface area contributed by atoms with Crippen molar-refractivity contribution in [3.63, 3.8) is 0 Å². The third kappa shape index (κ3) is 4.61. The Labute approximate surface area is 129 Å². The predicted molar refractivity (Wildman–Crippen MR) is 81.6 cm³/mol. The van der Waals surface area contributed by atoms with Crippen molar-refractivity contribution in [3.8, 4) is 0 Å². The normalized spacial score (nSPS) is 10.4. The summed E-state index contributed by atoms with van der Waals surface area (Å²) in [5.41, 5.74) is 6.17. The van der Waals surface area contributed by atoms with Crippen LogP contribution in [0.1, 0.15) is 0 Å². The van der Waals surface area contributed by atoms with Gasteiger partial charge < -0.3 is 11.1 Å². The maximum absolute atomic E-state index is 13.0. The van der Waals surface area contributed by atoms with Crippen LogP contribution < -0.4 is 11.1 Å². The maximum atomic E-state index is 13.0. The van der Waals surface area contributed by atoms with Gasteiger partial charge in [0.25, 0.3) is 0 Å². The molecule has 0 aliphatic carbocycles. The summed E-state index contributed by atoms with van der Waals surface area (Å²) in [4.78, 5) is 12.4. The van der Waals surface area contributed by atoms with Gasteiger partial charge in [-0.1, -0.05) is 11.6 Å². The Hall–Kier alpha value is -1.79. The fourth-order valence-corrected chi connectivity index (χ4v) is 2.67. The number of thioether (sulfide) groups is 1. The fourth-order valence-electron chi connectivity index (χ4n) is 1.60. The van der Waals surface area contributed by atoms with Crippen molar-refractivity contribution in [1.29, 1.82) is 0 Å². The molecule has 3 nitrogen and oxygen atoms in total. The molecule has 0 atom stereocenters. The van der Waals surface area contributed by atoms with Gasteiger partial charge in [0.15, 0.2) is 0 Å². The number of carbonyl (C=O) groups is 1.